The molecule has 0 aliphatic rings. The molecule has 0 aliphatic heterocycles. The summed E-state index contributed by atoms with van der Waals surface area (Å²) in [4.78, 5) is 4.21. The van der Waals surface area contributed by atoms with E-state index >= 15 is 0 Å². The molecule has 2 N–H and O–H groups in total. The molecule has 4 heteroatoms. The van der Waals surface area contributed by atoms with Gasteiger partial charge >= 0.3 is 0 Å². The minimum absolute atomic E-state index is 0.164. The molecule has 4 nitrogen and oxygen atoms in total. The molecule has 0 saturated carbocycles. The van der Waals surface area contributed by atoms with Gasteiger partial charge in [0.05, 0.1) is 11.6 Å². The molecular weight excluding hydrogens is 238 g/mol. The highest BCUT2D eigenvalue weighted by atomic mass is 16.5. The van der Waals surface area contributed by atoms with Gasteiger partial charge in [0.1, 0.15) is 5.75 Å². The standard InChI is InChI=1S/C15H15N3O/c1-10-5-6-12(9-16)8-14(10)19-15-13(11(2)17)4-3-7-18-15/h3-8,11H,17H2,1-2H3. The molecule has 19 heavy (non-hydrogen) atoms. The monoisotopic (exact) mass is 253 g/mol. The fourth-order valence-corrected chi connectivity index (χ4v) is 1.72. The number of nitriles is 1. The van der Waals surface area contributed by atoms with Crippen LogP contribution in [0.25, 0.3) is 0 Å². The SMILES string of the molecule is Cc1ccc(C#N)cc1Oc1ncccc1C(C)N. The molecule has 0 spiro atoms. The molecule has 1 unspecified atom stereocenters. The fraction of sp³-hybridized carbons (Fsp3) is 0.200. The molecule has 1 atom stereocenters. The summed E-state index contributed by atoms with van der Waals surface area (Å²) in [7, 11) is 0. The van der Waals surface area contributed by atoms with Crippen molar-refractivity contribution in [2.45, 2.75) is 19.9 Å². The van der Waals surface area contributed by atoms with E-state index < -0.39 is 0 Å². The number of nitrogens with two attached hydrogens (primary N) is 1. The van der Waals surface area contributed by atoms with Crippen molar-refractivity contribution in [1.82, 2.24) is 4.98 Å². The van der Waals surface area contributed by atoms with E-state index in [1.54, 1.807) is 18.3 Å². The van der Waals surface area contributed by atoms with Crippen molar-refractivity contribution in [3.8, 4) is 17.7 Å². The lowest BCUT2D eigenvalue weighted by Crippen LogP contribution is -2.07. The van der Waals surface area contributed by atoms with E-state index in [9.17, 15) is 0 Å². The van der Waals surface area contributed by atoms with Gasteiger partial charge in [-0.2, -0.15) is 5.26 Å². The Kier molecular flexibility index (Phi) is 3.79. The molecule has 1 heterocycles. The highest BCUT2D eigenvalue weighted by Crippen LogP contribution is 2.29. The van der Waals surface area contributed by atoms with Crippen molar-refractivity contribution < 1.29 is 4.74 Å². The molecule has 0 bridgehead atoms. The number of aryl methyl sites for hydroxylation is 1. The van der Waals surface area contributed by atoms with Crippen molar-refractivity contribution >= 4 is 0 Å². The molecule has 2 aromatic rings. The molecule has 0 fully saturated rings. The molecule has 1 aromatic heterocycles. The highest BCUT2D eigenvalue weighted by Gasteiger charge is 2.11. The van der Waals surface area contributed by atoms with Crippen molar-refractivity contribution in [1.29, 1.82) is 5.26 Å². The Labute approximate surface area is 112 Å². The quantitative estimate of drug-likeness (QED) is 0.912. The molecule has 0 aliphatic carbocycles. The van der Waals surface area contributed by atoms with Crippen molar-refractivity contribution in [2.24, 2.45) is 5.73 Å². The maximum absolute atomic E-state index is 8.92. The van der Waals surface area contributed by atoms with E-state index in [0.717, 1.165) is 11.1 Å². The Morgan fingerprint density at radius 1 is 1.37 bits per heavy atom. The van der Waals surface area contributed by atoms with Crippen LogP contribution in [0.2, 0.25) is 0 Å². The number of benzene rings is 1. The first-order valence-corrected chi connectivity index (χ1v) is 6.01. The van der Waals surface area contributed by atoms with Crippen molar-refractivity contribution in [3.05, 3.63) is 53.2 Å². The van der Waals surface area contributed by atoms with Gasteiger partial charge in [-0.25, -0.2) is 4.98 Å². The summed E-state index contributed by atoms with van der Waals surface area (Å²) >= 11 is 0. The van der Waals surface area contributed by atoms with Gasteiger partial charge in [0.2, 0.25) is 5.88 Å². The minimum atomic E-state index is -0.164. The number of rotatable bonds is 3. The third kappa shape index (κ3) is 2.90. The number of hydrogen-bond donors (Lipinski definition) is 1. The first-order valence-electron chi connectivity index (χ1n) is 6.01. The molecular formula is C15H15N3O. The van der Waals surface area contributed by atoms with Gasteiger partial charge in [-0.3, -0.25) is 0 Å². The van der Waals surface area contributed by atoms with Gasteiger partial charge in [0.25, 0.3) is 0 Å². The van der Waals surface area contributed by atoms with Crippen LogP contribution in [-0.2, 0) is 0 Å². The fourth-order valence-electron chi connectivity index (χ4n) is 1.72. The maximum atomic E-state index is 8.92. The largest absolute Gasteiger partial charge is 0.438 e. The van der Waals surface area contributed by atoms with Gasteiger partial charge in [-0.1, -0.05) is 12.1 Å². The summed E-state index contributed by atoms with van der Waals surface area (Å²) in [5, 5.41) is 8.92. The van der Waals surface area contributed by atoms with E-state index in [-0.39, 0.29) is 6.04 Å². The maximum Gasteiger partial charge on any atom is 0.223 e. The topological polar surface area (TPSA) is 71.9 Å². The first kappa shape index (κ1) is 13.1. The zero-order valence-electron chi connectivity index (χ0n) is 10.9. The van der Waals surface area contributed by atoms with Gasteiger partial charge in [-0.15, -0.1) is 0 Å². The summed E-state index contributed by atoms with van der Waals surface area (Å²) in [6.07, 6.45) is 1.66. The third-order valence-electron chi connectivity index (χ3n) is 2.82. The van der Waals surface area contributed by atoms with E-state index in [2.05, 4.69) is 11.1 Å². The van der Waals surface area contributed by atoms with Gasteiger partial charge in [0, 0.05) is 17.8 Å². The molecule has 2 rings (SSSR count). The summed E-state index contributed by atoms with van der Waals surface area (Å²) in [6, 6.07) is 10.9. The lowest BCUT2D eigenvalue weighted by atomic mass is 10.1. The minimum Gasteiger partial charge on any atom is -0.438 e. The van der Waals surface area contributed by atoms with Crippen LogP contribution in [-0.4, -0.2) is 4.98 Å². The smallest absolute Gasteiger partial charge is 0.223 e. The van der Waals surface area contributed by atoms with Crippen LogP contribution in [0, 0.1) is 18.3 Å². The van der Waals surface area contributed by atoms with Crippen molar-refractivity contribution in [2.75, 3.05) is 0 Å². The molecule has 96 valence electrons. The average Bonchev–Trinajstić information content (AvgIpc) is 2.41. The van der Waals surface area contributed by atoms with Crippen LogP contribution in [0.3, 0.4) is 0 Å². The zero-order valence-corrected chi connectivity index (χ0v) is 10.9. The Morgan fingerprint density at radius 2 is 2.16 bits per heavy atom. The van der Waals surface area contributed by atoms with E-state index in [4.69, 9.17) is 15.7 Å². The van der Waals surface area contributed by atoms with Crippen LogP contribution in [0.4, 0.5) is 0 Å². The normalized spacial score (nSPS) is 11.7. The molecule has 1 aromatic carbocycles. The second kappa shape index (κ2) is 5.51. The Balaban J connectivity index is 2.39. The third-order valence-corrected chi connectivity index (χ3v) is 2.82. The molecule has 0 saturated heterocycles. The van der Waals surface area contributed by atoms with Crippen LogP contribution in [0.5, 0.6) is 11.6 Å². The van der Waals surface area contributed by atoms with E-state index in [1.165, 1.54) is 0 Å². The van der Waals surface area contributed by atoms with Crippen LogP contribution in [0.1, 0.15) is 29.7 Å². The Morgan fingerprint density at radius 3 is 2.84 bits per heavy atom. The number of nitrogens with zero attached hydrogens (tertiary/aromatic N) is 2. The molecule has 0 radical (unpaired) electrons. The van der Waals surface area contributed by atoms with Crippen LogP contribution < -0.4 is 10.5 Å². The van der Waals surface area contributed by atoms with Gasteiger partial charge in [-0.05, 0) is 37.6 Å². The predicted molar refractivity (Wildman–Crippen MR) is 72.8 cm³/mol. The zero-order chi connectivity index (χ0) is 13.8. The summed E-state index contributed by atoms with van der Waals surface area (Å²) < 4.78 is 5.80. The lowest BCUT2D eigenvalue weighted by Gasteiger charge is -2.13. The number of pyridine rings is 1. The Bertz CT molecular complexity index is 630. The van der Waals surface area contributed by atoms with Crippen LogP contribution in [0.15, 0.2) is 36.5 Å². The van der Waals surface area contributed by atoms with Crippen molar-refractivity contribution in [3.63, 3.8) is 0 Å². The first-order chi connectivity index (χ1) is 9.11. The summed E-state index contributed by atoms with van der Waals surface area (Å²) in [6.45, 7) is 3.80. The van der Waals surface area contributed by atoms with Gasteiger partial charge in [0.15, 0.2) is 0 Å². The molecule has 0 amide bonds. The average molecular weight is 253 g/mol. The number of hydrogen-bond acceptors (Lipinski definition) is 4. The summed E-state index contributed by atoms with van der Waals surface area (Å²) in [5.74, 6) is 1.11. The van der Waals surface area contributed by atoms with E-state index in [0.29, 0.717) is 17.2 Å². The second-order valence-electron chi connectivity index (χ2n) is 4.38. The summed E-state index contributed by atoms with van der Waals surface area (Å²) in [5.41, 5.74) is 8.23. The Hall–Kier alpha value is -2.38. The number of aromatic nitrogens is 1. The van der Waals surface area contributed by atoms with Gasteiger partial charge < -0.3 is 10.5 Å². The highest BCUT2D eigenvalue weighted by molar-refractivity contribution is 5.44. The lowest BCUT2D eigenvalue weighted by molar-refractivity contribution is 0.448. The predicted octanol–water partition coefficient (Wildman–Crippen LogP) is 3.07. The number of ether oxygens (including phenoxy) is 1. The van der Waals surface area contributed by atoms with Crippen LogP contribution >= 0.6 is 0 Å². The van der Waals surface area contributed by atoms with E-state index in [1.807, 2.05) is 32.0 Å². The second-order valence-corrected chi connectivity index (χ2v) is 4.38.